The average Bonchev–Trinajstić information content (AvgIpc) is 2.16. The molecule has 1 rings (SSSR count). The van der Waals surface area contributed by atoms with Crippen molar-refractivity contribution in [2.24, 2.45) is 23.0 Å². The highest BCUT2D eigenvalue weighted by atomic mass is 16.1. The second-order valence-corrected chi connectivity index (χ2v) is 6.13. The van der Waals surface area contributed by atoms with Gasteiger partial charge in [0.25, 0.3) is 0 Å². The number of amides is 1. The minimum absolute atomic E-state index is 0.225. The molecule has 0 aromatic heterocycles. The third-order valence-corrected chi connectivity index (χ3v) is 3.90. The Hall–Kier alpha value is -0.570. The minimum Gasteiger partial charge on any atom is -0.369 e. The molecule has 94 valence electrons. The number of rotatable bonds is 4. The zero-order valence-corrected chi connectivity index (χ0v) is 11.0. The molecule has 1 saturated carbocycles. The summed E-state index contributed by atoms with van der Waals surface area (Å²) in [7, 11) is 0. The zero-order chi connectivity index (χ0) is 12.3. The van der Waals surface area contributed by atoms with E-state index in [9.17, 15) is 4.79 Å². The number of carbonyl (C=O) groups excluding carboxylic acids is 1. The van der Waals surface area contributed by atoms with E-state index < -0.39 is 5.41 Å². The van der Waals surface area contributed by atoms with E-state index >= 15 is 0 Å². The number of carbonyl (C=O) groups is 1. The number of hydrogen-bond donors (Lipinski definition) is 2. The van der Waals surface area contributed by atoms with Gasteiger partial charge in [-0.2, -0.15) is 0 Å². The second-order valence-electron chi connectivity index (χ2n) is 6.13. The van der Waals surface area contributed by atoms with Crippen molar-refractivity contribution < 1.29 is 4.79 Å². The lowest BCUT2D eigenvalue weighted by Gasteiger charge is -2.35. The van der Waals surface area contributed by atoms with Gasteiger partial charge in [0.05, 0.1) is 5.41 Å². The molecule has 3 heteroatoms. The summed E-state index contributed by atoms with van der Waals surface area (Å²) >= 11 is 0. The quantitative estimate of drug-likeness (QED) is 0.769. The molecule has 1 aliphatic carbocycles. The average molecular weight is 226 g/mol. The van der Waals surface area contributed by atoms with E-state index in [0.717, 1.165) is 5.92 Å². The first-order valence-electron chi connectivity index (χ1n) is 6.36. The Morgan fingerprint density at radius 1 is 1.38 bits per heavy atom. The van der Waals surface area contributed by atoms with Crippen LogP contribution >= 0.6 is 0 Å². The van der Waals surface area contributed by atoms with Gasteiger partial charge in [-0.25, -0.2) is 0 Å². The van der Waals surface area contributed by atoms with Crippen LogP contribution < -0.4 is 11.1 Å². The minimum atomic E-state index is -0.442. The molecule has 0 bridgehead atoms. The maximum Gasteiger partial charge on any atom is 0.224 e. The van der Waals surface area contributed by atoms with E-state index in [1.807, 2.05) is 13.8 Å². The summed E-state index contributed by atoms with van der Waals surface area (Å²) in [5.41, 5.74) is 4.92. The van der Waals surface area contributed by atoms with Crippen LogP contribution in [0.5, 0.6) is 0 Å². The molecule has 16 heavy (non-hydrogen) atoms. The fraction of sp³-hybridized carbons (Fsp3) is 0.923. The zero-order valence-electron chi connectivity index (χ0n) is 11.0. The maximum absolute atomic E-state index is 11.2. The van der Waals surface area contributed by atoms with E-state index in [0.29, 0.717) is 18.5 Å². The Balaban J connectivity index is 2.41. The van der Waals surface area contributed by atoms with Crippen molar-refractivity contribution in [2.45, 2.75) is 53.0 Å². The summed E-state index contributed by atoms with van der Waals surface area (Å²) in [6.07, 6.45) is 3.80. The van der Waals surface area contributed by atoms with Crippen LogP contribution in [0.2, 0.25) is 0 Å². The number of primary amides is 1. The molecule has 0 aromatic rings. The highest BCUT2D eigenvalue weighted by Gasteiger charge is 2.29. The summed E-state index contributed by atoms with van der Waals surface area (Å²) in [5.74, 6) is 1.32. The molecule has 0 aromatic carbocycles. The van der Waals surface area contributed by atoms with Gasteiger partial charge < -0.3 is 11.1 Å². The highest BCUT2D eigenvalue weighted by Crippen LogP contribution is 2.29. The van der Waals surface area contributed by atoms with Gasteiger partial charge in [0.15, 0.2) is 0 Å². The first-order valence-corrected chi connectivity index (χ1v) is 6.36. The lowest BCUT2D eigenvalue weighted by molar-refractivity contribution is -0.125. The molecule has 0 aliphatic heterocycles. The van der Waals surface area contributed by atoms with Gasteiger partial charge in [0.2, 0.25) is 5.91 Å². The van der Waals surface area contributed by atoms with Crippen LogP contribution in [0, 0.1) is 17.3 Å². The molecular weight excluding hydrogens is 200 g/mol. The Morgan fingerprint density at radius 3 is 2.50 bits per heavy atom. The van der Waals surface area contributed by atoms with Crippen molar-refractivity contribution in [3.05, 3.63) is 0 Å². The third-order valence-electron chi connectivity index (χ3n) is 3.90. The van der Waals surface area contributed by atoms with Crippen molar-refractivity contribution in [3.63, 3.8) is 0 Å². The third kappa shape index (κ3) is 3.48. The predicted octanol–water partition coefficient (Wildman–Crippen LogP) is 1.91. The van der Waals surface area contributed by atoms with Crippen LogP contribution in [0.4, 0.5) is 0 Å². The molecule has 0 heterocycles. The van der Waals surface area contributed by atoms with Gasteiger partial charge in [-0.1, -0.05) is 13.8 Å². The molecule has 1 amide bonds. The lowest BCUT2D eigenvalue weighted by atomic mass is 9.79. The monoisotopic (exact) mass is 226 g/mol. The summed E-state index contributed by atoms with van der Waals surface area (Å²) in [6, 6.07) is 0.551. The van der Waals surface area contributed by atoms with E-state index in [-0.39, 0.29) is 5.91 Å². The van der Waals surface area contributed by atoms with Crippen LogP contribution in [-0.2, 0) is 4.79 Å². The summed E-state index contributed by atoms with van der Waals surface area (Å²) in [6.45, 7) is 9.10. The largest absolute Gasteiger partial charge is 0.369 e. The maximum atomic E-state index is 11.2. The summed E-state index contributed by atoms with van der Waals surface area (Å²) in [5, 5.41) is 3.51. The van der Waals surface area contributed by atoms with Crippen LogP contribution in [0.1, 0.15) is 47.0 Å². The fourth-order valence-corrected chi connectivity index (χ4v) is 2.44. The Labute approximate surface area is 99.2 Å². The molecule has 0 saturated heterocycles. The standard InChI is InChI=1S/C13H26N2O/c1-9-5-6-11(10(2)7-9)15-8-13(3,4)12(14)16/h9-11,15H,5-8H2,1-4H3,(H2,14,16). The highest BCUT2D eigenvalue weighted by molar-refractivity contribution is 5.80. The van der Waals surface area contributed by atoms with Gasteiger partial charge in [-0.05, 0) is 44.9 Å². The number of nitrogens with one attached hydrogen (secondary N) is 1. The first kappa shape index (κ1) is 13.5. The van der Waals surface area contributed by atoms with Gasteiger partial charge in [-0.15, -0.1) is 0 Å². The number of nitrogens with two attached hydrogens (primary N) is 1. The Kier molecular flexibility index (Phi) is 4.36. The molecule has 3 nitrogen and oxygen atoms in total. The second kappa shape index (κ2) is 5.17. The molecule has 1 aliphatic rings. The van der Waals surface area contributed by atoms with E-state index in [2.05, 4.69) is 19.2 Å². The smallest absolute Gasteiger partial charge is 0.224 e. The Morgan fingerprint density at radius 2 is 2.00 bits per heavy atom. The Bertz CT molecular complexity index is 250. The number of hydrogen-bond acceptors (Lipinski definition) is 2. The van der Waals surface area contributed by atoms with Crippen molar-refractivity contribution in [1.29, 1.82) is 0 Å². The van der Waals surface area contributed by atoms with Gasteiger partial charge in [-0.3, -0.25) is 4.79 Å². The van der Waals surface area contributed by atoms with Crippen molar-refractivity contribution >= 4 is 5.91 Å². The molecular formula is C13H26N2O. The van der Waals surface area contributed by atoms with Crippen LogP contribution in [-0.4, -0.2) is 18.5 Å². The van der Waals surface area contributed by atoms with E-state index in [4.69, 9.17) is 5.73 Å². The van der Waals surface area contributed by atoms with Crippen molar-refractivity contribution in [2.75, 3.05) is 6.54 Å². The van der Waals surface area contributed by atoms with Crippen molar-refractivity contribution in [1.82, 2.24) is 5.32 Å². The van der Waals surface area contributed by atoms with E-state index in [1.165, 1.54) is 19.3 Å². The molecule has 3 atom stereocenters. The van der Waals surface area contributed by atoms with E-state index in [1.54, 1.807) is 0 Å². The van der Waals surface area contributed by atoms with Gasteiger partial charge >= 0.3 is 0 Å². The fourth-order valence-electron chi connectivity index (χ4n) is 2.44. The predicted molar refractivity (Wildman–Crippen MR) is 66.9 cm³/mol. The SMILES string of the molecule is CC1CCC(NCC(C)(C)C(N)=O)C(C)C1. The molecule has 1 fully saturated rings. The molecule has 0 spiro atoms. The molecule has 0 radical (unpaired) electrons. The molecule has 3 unspecified atom stereocenters. The first-order chi connectivity index (χ1) is 7.33. The molecule has 3 N–H and O–H groups in total. The summed E-state index contributed by atoms with van der Waals surface area (Å²) < 4.78 is 0. The topological polar surface area (TPSA) is 55.1 Å². The van der Waals surface area contributed by atoms with Gasteiger partial charge in [0, 0.05) is 12.6 Å². The van der Waals surface area contributed by atoms with Gasteiger partial charge in [0.1, 0.15) is 0 Å². The normalized spacial score (nSPS) is 31.4. The summed E-state index contributed by atoms with van der Waals surface area (Å²) in [4.78, 5) is 11.2. The van der Waals surface area contributed by atoms with Crippen LogP contribution in [0.15, 0.2) is 0 Å². The lowest BCUT2D eigenvalue weighted by Crippen LogP contribution is -2.47. The van der Waals surface area contributed by atoms with Crippen molar-refractivity contribution in [3.8, 4) is 0 Å². The van der Waals surface area contributed by atoms with Crippen LogP contribution in [0.3, 0.4) is 0 Å². The van der Waals surface area contributed by atoms with Crippen LogP contribution in [0.25, 0.3) is 0 Å².